The van der Waals surface area contributed by atoms with Gasteiger partial charge in [0.1, 0.15) is 22.9 Å². The summed E-state index contributed by atoms with van der Waals surface area (Å²) in [4.78, 5) is 50.9. The molecule has 5 amide bonds. The van der Waals surface area contributed by atoms with Crippen molar-refractivity contribution in [3.8, 4) is 0 Å². The van der Waals surface area contributed by atoms with Crippen molar-refractivity contribution in [3.63, 3.8) is 0 Å². The SMILES string of the molecule is Cc1sc(NC(=O)CN2C(=O)NC(C)(c3ccc(F)cc3)C2=O)c(C(N)=O)c1C. The van der Waals surface area contributed by atoms with Gasteiger partial charge in [-0.15, -0.1) is 11.3 Å². The first-order valence-electron chi connectivity index (χ1n) is 8.64. The van der Waals surface area contributed by atoms with Crippen LogP contribution in [0.25, 0.3) is 0 Å². The van der Waals surface area contributed by atoms with Gasteiger partial charge in [-0.2, -0.15) is 0 Å². The van der Waals surface area contributed by atoms with Gasteiger partial charge in [0, 0.05) is 4.88 Å². The summed E-state index contributed by atoms with van der Waals surface area (Å²) in [6, 6.07) is 4.41. The quantitative estimate of drug-likeness (QED) is 0.643. The molecule has 0 bridgehead atoms. The summed E-state index contributed by atoms with van der Waals surface area (Å²) < 4.78 is 13.2. The summed E-state index contributed by atoms with van der Waals surface area (Å²) in [5.74, 6) is -2.45. The van der Waals surface area contributed by atoms with Gasteiger partial charge in [-0.3, -0.25) is 19.3 Å². The molecular formula is C19H19FN4O4S. The Bertz CT molecular complexity index is 1030. The summed E-state index contributed by atoms with van der Waals surface area (Å²) in [7, 11) is 0. The van der Waals surface area contributed by atoms with E-state index in [1.165, 1.54) is 42.5 Å². The first-order chi connectivity index (χ1) is 13.5. The lowest BCUT2D eigenvalue weighted by Gasteiger charge is -2.22. The number of carbonyl (C=O) groups excluding carboxylic acids is 4. The highest BCUT2D eigenvalue weighted by Gasteiger charge is 2.49. The molecule has 1 aliphatic rings. The second-order valence-electron chi connectivity index (χ2n) is 6.85. The number of urea groups is 1. The van der Waals surface area contributed by atoms with Crippen LogP contribution >= 0.6 is 11.3 Å². The zero-order valence-electron chi connectivity index (χ0n) is 16.0. The standard InChI is InChI=1S/C19H19FN4O4S/c1-9-10(2)29-16(14(9)15(21)26)22-13(25)8-24-17(27)19(3,23-18(24)28)11-4-6-12(20)7-5-11/h4-7H,8H2,1-3H3,(H2,21,26)(H,22,25)(H,23,28). The van der Waals surface area contributed by atoms with Crippen LogP contribution in [0.4, 0.5) is 14.2 Å². The molecule has 0 spiro atoms. The first kappa shape index (κ1) is 20.5. The Kier molecular flexibility index (Phi) is 5.14. The number of primary amides is 1. The predicted molar refractivity (Wildman–Crippen MR) is 105 cm³/mol. The van der Waals surface area contributed by atoms with Crippen LogP contribution in [0.15, 0.2) is 24.3 Å². The molecule has 1 saturated heterocycles. The average Bonchev–Trinajstić information content (AvgIpc) is 3.03. The van der Waals surface area contributed by atoms with E-state index in [-0.39, 0.29) is 10.6 Å². The van der Waals surface area contributed by atoms with E-state index in [2.05, 4.69) is 10.6 Å². The molecule has 1 aromatic heterocycles. The van der Waals surface area contributed by atoms with Gasteiger partial charge >= 0.3 is 6.03 Å². The van der Waals surface area contributed by atoms with Gasteiger partial charge in [-0.05, 0) is 44.0 Å². The van der Waals surface area contributed by atoms with E-state index < -0.39 is 41.7 Å². The highest BCUT2D eigenvalue weighted by atomic mass is 32.1. The highest BCUT2D eigenvalue weighted by molar-refractivity contribution is 7.16. The van der Waals surface area contributed by atoms with Crippen LogP contribution in [0, 0.1) is 19.7 Å². The molecule has 1 aliphatic heterocycles. The molecule has 10 heteroatoms. The molecule has 1 unspecified atom stereocenters. The number of nitrogens with two attached hydrogens (primary N) is 1. The van der Waals surface area contributed by atoms with Gasteiger partial charge in [0.2, 0.25) is 5.91 Å². The maximum atomic E-state index is 13.2. The number of carbonyl (C=O) groups is 4. The van der Waals surface area contributed by atoms with Crippen LogP contribution in [-0.4, -0.2) is 35.2 Å². The number of thiophene rings is 1. The van der Waals surface area contributed by atoms with E-state index in [0.29, 0.717) is 11.1 Å². The molecule has 1 fully saturated rings. The van der Waals surface area contributed by atoms with E-state index in [9.17, 15) is 23.6 Å². The molecule has 1 atom stereocenters. The maximum absolute atomic E-state index is 13.2. The second kappa shape index (κ2) is 7.28. The van der Waals surface area contributed by atoms with E-state index >= 15 is 0 Å². The van der Waals surface area contributed by atoms with Crippen LogP contribution in [0.2, 0.25) is 0 Å². The topological polar surface area (TPSA) is 122 Å². The number of hydrogen-bond acceptors (Lipinski definition) is 5. The number of nitrogens with one attached hydrogen (secondary N) is 2. The smallest absolute Gasteiger partial charge is 0.325 e. The zero-order valence-corrected chi connectivity index (χ0v) is 16.8. The van der Waals surface area contributed by atoms with Gasteiger partial charge in [0.25, 0.3) is 11.8 Å². The van der Waals surface area contributed by atoms with Crippen LogP contribution in [-0.2, 0) is 15.1 Å². The van der Waals surface area contributed by atoms with Gasteiger partial charge in [-0.1, -0.05) is 12.1 Å². The maximum Gasteiger partial charge on any atom is 0.325 e. The Hall–Kier alpha value is -3.27. The lowest BCUT2D eigenvalue weighted by Crippen LogP contribution is -2.42. The molecule has 8 nitrogen and oxygen atoms in total. The third kappa shape index (κ3) is 3.58. The highest BCUT2D eigenvalue weighted by Crippen LogP contribution is 2.32. The molecule has 29 heavy (non-hydrogen) atoms. The molecule has 0 aliphatic carbocycles. The number of halogens is 1. The van der Waals surface area contributed by atoms with E-state index in [4.69, 9.17) is 5.73 Å². The fourth-order valence-corrected chi connectivity index (χ4v) is 4.22. The van der Waals surface area contributed by atoms with Crippen molar-refractivity contribution >= 4 is 40.1 Å². The lowest BCUT2D eigenvalue weighted by atomic mass is 9.92. The molecule has 3 rings (SSSR count). The van der Waals surface area contributed by atoms with Crippen molar-refractivity contribution in [2.24, 2.45) is 5.73 Å². The summed E-state index contributed by atoms with van der Waals surface area (Å²) in [5.41, 5.74) is 5.22. The number of nitrogens with zero attached hydrogens (tertiary/aromatic N) is 1. The van der Waals surface area contributed by atoms with E-state index in [0.717, 1.165) is 9.78 Å². The van der Waals surface area contributed by atoms with Crippen LogP contribution < -0.4 is 16.4 Å². The molecule has 0 radical (unpaired) electrons. The number of benzene rings is 1. The number of imide groups is 1. The summed E-state index contributed by atoms with van der Waals surface area (Å²) in [5, 5.41) is 5.36. The normalized spacial score (nSPS) is 18.7. The second-order valence-corrected chi connectivity index (χ2v) is 8.08. The minimum absolute atomic E-state index is 0.203. The number of amides is 5. The van der Waals surface area contributed by atoms with Crippen molar-refractivity contribution in [1.82, 2.24) is 10.2 Å². The number of hydrogen-bond donors (Lipinski definition) is 3. The Morgan fingerprint density at radius 3 is 2.45 bits per heavy atom. The van der Waals surface area contributed by atoms with Crippen molar-refractivity contribution in [2.45, 2.75) is 26.3 Å². The minimum atomic E-state index is -1.42. The Balaban J connectivity index is 1.79. The van der Waals surface area contributed by atoms with Crippen LogP contribution in [0.5, 0.6) is 0 Å². The molecule has 4 N–H and O–H groups in total. The summed E-state index contributed by atoms with van der Waals surface area (Å²) in [6.45, 7) is 4.44. The van der Waals surface area contributed by atoms with E-state index in [1.807, 2.05) is 0 Å². The Morgan fingerprint density at radius 2 is 1.86 bits per heavy atom. The Morgan fingerprint density at radius 1 is 1.24 bits per heavy atom. The van der Waals surface area contributed by atoms with Crippen molar-refractivity contribution < 1.29 is 23.6 Å². The van der Waals surface area contributed by atoms with Crippen molar-refractivity contribution in [2.75, 3.05) is 11.9 Å². The average molecular weight is 418 g/mol. The van der Waals surface area contributed by atoms with Gasteiger partial charge in [-0.25, -0.2) is 9.18 Å². The molecule has 0 saturated carbocycles. The summed E-state index contributed by atoms with van der Waals surface area (Å²) >= 11 is 1.18. The number of aryl methyl sites for hydroxylation is 1. The van der Waals surface area contributed by atoms with Gasteiger partial charge < -0.3 is 16.4 Å². The molecule has 2 heterocycles. The zero-order chi connectivity index (χ0) is 21.5. The van der Waals surface area contributed by atoms with Crippen molar-refractivity contribution in [3.05, 3.63) is 51.7 Å². The fourth-order valence-electron chi connectivity index (χ4n) is 3.14. The third-order valence-electron chi connectivity index (χ3n) is 4.88. The van der Waals surface area contributed by atoms with Gasteiger partial charge in [0.15, 0.2) is 0 Å². The molecule has 152 valence electrons. The number of rotatable bonds is 5. The third-order valence-corrected chi connectivity index (χ3v) is 6.01. The van der Waals surface area contributed by atoms with E-state index in [1.54, 1.807) is 13.8 Å². The monoisotopic (exact) mass is 418 g/mol. The molecule has 1 aromatic carbocycles. The first-order valence-corrected chi connectivity index (χ1v) is 9.46. The summed E-state index contributed by atoms with van der Waals surface area (Å²) in [6.07, 6.45) is 0. The van der Waals surface area contributed by atoms with Crippen LogP contribution in [0.1, 0.15) is 33.3 Å². The number of anilines is 1. The minimum Gasteiger partial charge on any atom is -0.365 e. The predicted octanol–water partition coefficient (Wildman–Crippen LogP) is 2.01. The van der Waals surface area contributed by atoms with Crippen molar-refractivity contribution in [1.29, 1.82) is 0 Å². The molecular weight excluding hydrogens is 399 g/mol. The fraction of sp³-hybridized carbons (Fsp3) is 0.263. The van der Waals surface area contributed by atoms with Crippen LogP contribution in [0.3, 0.4) is 0 Å². The van der Waals surface area contributed by atoms with Gasteiger partial charge in [0.05, 0.1) is 5.56 Å². The Labute approximate surface area is 169 Å². The largest absolute Gasteiger partial charge is 0.365 e. The lowest BCUT2D eigenvalue weighted by molar-refractivity contribution is -0.133. The molecule has 2 aromatic rings.